The van der Waals surface area contributed by atoms with Gasteiger partial charge in [0.1, 0.15) is 11.5 Å². The molecule has 0 atom stereocenters. The van der Waals surface area contributed by atoms with E-state index in [0.29, 0.717) is 5.56 Å². The number of aromatic hydroxyl groups is 2. The Kier molecular flexibility index (Phi) is 2.59. The van der Waals surface area contributed by atoms with Gasteiger partial charge >= 0.3 is 6.09 Å². The van der Waals surface area contributed by atoms with Crippen molar-refractivity contribution in [1.29, 1.82) is 0 Å². The Labute approximate surface area is 74.3 Å². The number of phenolic OH excluding ortho intramolecular Hbond substituents is 2. The molecule has 5 nitrogen and oxygen atoms in total. The predicted octanol–water partition coefficient (Wildman–Crippen LogP) is 0.865. The molecule has 0 unspecified atom stereocenters. The number of carbonyl (C=O) groups is 1. The average Bonchev–Trinajstić information content (AvgIpc) is 2.02. The van der Waals surface area contributed by atoms with Gasteiger partial charge in [-0.2, -0.15) is 0 Å². The Morgan fingerprint density at radius 1 is 1.38 bits per heavy atom. The van der Waals surface area contributed by atoms with Crippen LogP contribution in [-0.2, 0) is 6.54 Å². The molecule has 5 heteroatoms. The van der Waals surface area contributed by atoms with Crippen LogP contribution in [0.5, 0.6) is 11.5 Å². The van der Waals surface area contributed by atoms with E-state index in [1.54, 1.807) is 0 Å². The standard InChI is InChI=1S/C8H9NO4/c10-6-2-1-5(7(11)3-6)4-9-8(12)13/h1-3,9-11H,4H2,(H,12,13). The fourth-order valence-electron chi connectivity index (χ4n) is 0.873. The monoisotopic (exact) mass is 183 g/mol. The highest BCUT2D eigenvalue weighted by Crippen LogP contribution is 2.21. The van der Waals surface area contributed by atoms with Crippen LogP contribution in [0.25, 0.3) is 0 Å². The molecular formula is C8H9NO4. The Morgan fingerprint density at radius 3 is 2.62 bits per heavy atom. The summed E-state index contributed by atoms with van der Waals surface area (Å²) in [6, 6.07) is 3.97. The van der Waals surface area contributed by atoms with Gasteiger partial charge in [-0.05, 0) is 12.1 Å². The van der Waals surface area contributed by atoms with Crippen molar-refractivity contribution in [1.82, 2.24) is 5.32 Å². The lowest BCUT2D eigenvalue weighted by Crippen LogP contribution is -2.19. The van der Waals surface area contributed by atoms with Crippen LogP contribution in [0.15, 0.2) is 18.2 Å². The smallest absolute Gasteiger partial charge is 0.404 e. The Bertz CT molecular complexity index is 324. The molecule has 1 aromatic carbocycles. The van der Waals surface area contributed by atoms with Gasteiger partial charge in [0.25, 0.3) is 0 Å². The maximum atomic E-state index is 10.1. The molecule has 0 aliphatic carbocycles. The summed E-state index contributed by atoms with van der Waals surface area (Å²) < 4.78 is 0. The van der Waals surface area contributed by atoms with Crippen LogP contribution in [0.2, 0.25) is 0 Å². The number of amides is 1. The van der Waals surface area contributed by atoms with E-state index < -0.39 is 6.09 Å². The van der Waals surface area contributed by atoms with Gasteiger partial charge in [0.2, 0.25) is 0 Å². The number of rotatable bonds is 2. The summed E-state index contributed by atoms with van der Waals surface area (Å²) in [5.74, 6) is -0.190. The minimum Gasteiger partial charge on any atom is -0.508 e. The molecule has 1 aromatic rings. The van der Waals surface area contributed by atoms with Crippen LogP contribution in [0, 0.1) is 0 Å². The molecule has 4 N–H and O–H groups in total. The van der Waals surface area contributed by atoms with E-state index in [1.165, 1.54) is 12.1 Å². The maximum absolute atomic E-state index is 10.1. The van der Waals surface area contributed by atoms with E-state index in [9.17, 15) is 9.90 Å². The van der Waals surface area contributed by atoms with Gasteiger partial charge in [0.05, 0.1) is 0 Å². The summed E-state index contributed by atoms with van der Waals surface area (Å²) in [6.45, 7) is 0.0153. The number of hydrogen-bond acceptors (Lipinski definition) is 3. The Morgan fingerprint density at radius 2 is 2.08 bits per heavy atom. The van der Waals surface area contributed by atoms with Gasteiger partial charge in [-0.25, -0.2) is 4.79 Å². The second kappa shape index (κ2) is 3.66. The zero-order valence-corrected chi connectivity index (χ0v) is 6.69. The van der Waals surface area contributed by atoms with Crippen molar-refractivity contribution >= 4 is 6.09 Å². The number of carboxylic acid groups (broad SMARTS) is 1. The lowest BCUT2D eigenvalue weighted by atomic mass is 10.2. The second-order valence-electron chi connectivity index (χ2n) is 2.47. The zero-order valence-electron chi connectivity index (χ0n) is 6.69. The lowest BCUT2D eigenvalue weighted by molar-refractivity contribution is 0.194. The summed E-state index contributed by atoms with van der Waals surface area (Å²) in [6.07, 6.45) is -1.16. The second-order valence-corrected chi connectivity index (χ2v) is 2.47. The number of hydrogen-bond donors (Lipinski definition) is 4. The molecule has 13 heavy (non-hydrogen) atoms. The Balaban J connectivity index is 2.72. The normalized spacial score (nSPS) is 9.54. The average molecular weight is 183 g/mol. The first-order chi connectivity index (χ1) is 6.09. The molecule has 0 spiro atoms. The first-order valence-corrected chi connectivity index (χ1v) is 3.57. The minimum absolute atomic E-state index is 0.0153. The topological polar surface area (TPSA) is 89.8 Å². The SMILES string of the molecule is O=C(O)NCc1ccc(O)cc1O. The van der Waals surface area contributed by atoms with Crippen LogP contribution < -0.4 is 5.32 Å². The van der Waals surface area contributed by atoms with Crippen molar-refractivity contribution in [3.05, 3.63) is 23.8 Å². The maximum Gasteiger partial charge on any atom is 0.404 e. The summed E-state index contributed by atoms with van der Waals surface area (Å²) in [5.41, 5.74) is 0.417. The number of nitrogens with one attached hydrogen (secondary N) is 1. The highest BCUT2D eigenvalue weighted by atomic mass is 16.4. The fourth-order valence-corrected chi connectivity index (χ4v) is 0.873. The van der Waals surface area contributed by atoms with Crippen molar-refractivity contribution < 1.29 is 20.1 Å². The molecule has 1 rings (SSSR count). The van der Waals surface area contributed by atoms with Gasteiger partial charge in [0.15, 0.2) is 0 Å². The first kappa shape index (κ1) is 9.18. The van der Waals surface area contributed by atoms with E-state index >= 15 is 0 Å². The molecule has 0 fully saturated rings. The summed E-state index contributed by atoms with van der Waals surface area (Å²) >= 11 is 0. The van der Waals surface area contributed by atoms with Crippen molar-refractivity contribution in [2.75, 3.05) is 0 Å². The third-order valence-corrected chi connectivity index (χ3v) is 1.50. The van der Waals surface area contributed by atoms with Crippen molar-refractivity contribution in [3.8, 4) is 11.5 Å². The van der Waals surface area contributed by atoms with Gasteiger partial charge in [-0.15, -0.1) is 0 Å². The Hall–Kier alpha value is -1.91. The summed E-state index contributed by atoms with van der Waals surface area (Å²) in [7, 11) is 0. The van der Waals surface area contributed by atoms with E-state index in [4.69, 9.17) is 10.2 Å². The van der Waals surface area contributed by atoms with Crippen LogP contribution >= 0.6 is 0 Å². The number of phenols is 2. The lowest BCUT2D eigenvalue weighted by Gasteiger charge is -2.04. The largest absolute Gasteiger partial charge is 0.508 e. The number of benzene rings is 1. The first-order valence-electron chi connectivity index (χ1n) is 3.57. The van der Waals surface area contributed by atoms with E-state index in [-0.39, 0.29) is 18.0 Å². The van der Waals surface area contributed by atoms with Crippen LogP contribution in [0.4, 0.5) is 4.79 Å². The van der Waals surface area contributed by atoms with Crippen LogP contribution in [-0.4, -0.2) is 21.4 Å². The van der Waals surface area contributed by atoms with Crippen molar-refractivity contribution in [2.24, 2.45) is 0 Å². The molecule has 0 radical (unpaired) electrons. The van der Waals surface area contributed by atoms with Gasteiger partial charge < -0.3 is 20.6 Å². The molecule has 0 aromatic heterocycles. The van der Waals surface area contributed by atoms with Gasteiger partial charge in [0, 0.05) is 18.2 Å². The minimum atomic E-state index is -1.16. The highest BCUT2D eigenvalue weighted by Gasteiger charge is 2.02. The fraction of sp³-hybridized carbons (Fsp3) is 0.125. The molecule has 1 amide bonds. The van der Waals surface area contributed by atoms with Crippen LogP contribution in [0.1, 0.15) is 5.56 Å². The summed E-state index contributed by atoms with van der Waals surface area (Å²) in [5, 5.41) is 28.5. The molecule has 0 heterocycles. The molecule has 0 saturated carbocycles. The summed E-state index contributed by atoms with van der Waals surface area (Å²) in [4.78, 5) is 10.1. The van der Waals surface area contributed by atoms with Gasteiger partial charge in [-0.1, -0.05) is 0 Å². The van der Waals surface area contributed by atoms with Crippen molar-refractivity contribution in [3.63, 3.8) is 0 Å². The predicted molar refractivity (Wildman–Crippen MR) is 44.6 cm³/mol. The van der Waals surface area contributed by atoms with E-state index in [0.717, 1.165) is 6.07 Å². The molecule has 70 valence electrons. The quantitative estimate of drug-likeness (QED) is 0.547. The third-order valence-electron chi connectivity index (χ3n) is 1.50. The van der Waals surface area contributed by atoms with Crippen LogP contribution in [0.3, 0.4) is 0 Å². The zero-order chi connectivity index (χ0) is 9.84. The van der Waals surface area contributed by atoms with Gasteiger partial charge in [-0.3, -0.25) is 0 Å². The molecule has 0 aliphatic rings. The van der Waals surface area contributed by atoms with Crippen molar-refractivity contribution in [2.45, 2.75) is 6.54 Å². The third kappa shape index (κ3) is 2.55. The van der Waals surface area contributed by atoms with E-state index in [1.807, 2.05) is 0 Å². The van der Waals surface area contributed by atoms with E-state index in [2.05, 4.69) is 5.32 Å². The highest BCUT2D eigenvalue weighted by molar-refractivity contribution is 5.64. The molecule has 0 saturated heterocycles. The molecule has 0 aliphatic heterocycles. The molecular weight excluding hydrogens is 174 g/mol. The molecule has 0 bridgehead atoms.